The third kappa shape index (κ3) is 2.99. The maximum Gasteiger partial charge on any atom is 0.259 e. The van der Waals surface area contributed by atoms with Crippen LogP contribution in [-0.2, 0) is 0 Å². The molecular formula is C15H12BrClN2O2. The van der Waals surface area contributed by atoms with Crippen LogP contribution in [-0.4, -0.2) is 19.1 Å². The van der Waals surface area contributed by atoms with Crippen LogP contribution in [0.25, 0.3) is 0 Å². The van der Waals surface area contributed by atoms with Gasteiger partial charge in [0.2, 0.25) is 0 Å². The molecule has 0 aliphatic carbocycles. The minimum absolute atomic E-state index is 0.250. The van der Waals surface area contributed by atoms with Gasteiger partial charge in [-0.1, -0.05) is 33.6 Å². The molecule has 21 heavy (non-hydrogen) atoms. The zero-order valence-corrected chi connectivity index (χ0v) is 13.3. The summed E-state index contributed by atoms with van der Waals surface area (Å²) >= 11 is 9.45. The van der Waals surface area contributed by atoms with Gasteiger partial charge in [0.15, 0.2) is 5.75 Å². The maximum absolute atomic E-state index is 12.4. The summed E-state index contributed by atoms with van der Waals surface area (Å²) in [6.45, 7) is 1.27. The Hall–Kier alpha value is -1.72. The van der Waals surface area contributed by atoms with Crippen molar-refractivity contribution in [3.05, 3.63) is 51.5 Å². The monoisotopic (exact) mass is 366 g/mol. The Morgan fingerprint density at radius 3 is 3.00 bits per heavy atom. The SMILES string of the molecule is O=C(Nc1ccc(Br)cc1Cl)c1cccc2c1OCCN2. The molecule has 108 valence electrons. The minimum atomic E-state index is -0.250. The fourth-order valence-electron chi connectivity index (χ4n) is 2.13. The van der Waals surface area contributed by atoms with Crippen LogP contribution in [0.4, 0.5) is 11.4 Å². The van der Waals surface area contributed by atoms with Gasteiger partial charge in [0.05, 0.1) is 22.0 Å². The third-order valence-electron chi connectivity index (χ3n) is 3.10. The van der Waals surface area contributed by atoms with E-state index in [1.807, 2.05) is 18.2 Å². The molecule has 0 bridgehead atoms. The molecule has 0 saturated carbocycles. The molecule has 6 heteroatoms. The van der Waals surface area contributed by atoms with E-state index in [0.29, 0.717) is 28.6 Å². The molecule has 0 atom stereocenters. The summed E-state index contributed by atoms with van der Waals surface area (Å²) in [7, 11) is 0. The molecule has 0 radical (unpaired) electrons. The number of hydrogen-bond donors (Lipinski definition) is 2. The first-order chi connectivity index (χ1) is 10.1. The zero-order valence-electron chi connectivity index (χ0n) is 11.0. The van der Waals surface area contributed by atoms with Gasteiger partial charge in [0.1, 0.15) is 6.61 Å². The summed E-state index contributed by atoms with van der Waals surface area (Å²) in [4.78, 5) is 12.4. The number of benzene rings is 2. The molecule has 4 nitrogen and oxygen atoms in total. The summed E-state index contributed by atoms with van der Waals surface area (Å²) < 4.78 is 6.46. The number of carbonyl (C=O) groups is 1. The van der Waals surface area contributed by atoms with Crippen molar-refractivity contribution in [1.29, 1.82) is 0 Å². The predicted octanol–water partition coefficient (Wildman–Crippen LogP) is 4.16. The molecule has 2 aromatic rings. The predicted molar refractivity (Wildman–Crippen MR) is 87.5 cm³/mol. The molecule has 1 amide bonds. The van der Waals surface area contributed by atoms with Gasteiger partial charge in [-0.05, 0) is 30.3 Å². The van der Waals surface area contributed by atoms with E-state index in [4.69, 9.17) is 16.3 Å². The van der Waals surface area contributed by atoms with Crippen LogP contribution in [0.15, 0.2) is 40.9 Å². The third-order valence-corrected chi connectivity index (χ3v) is 3.91. The van der Waals surface area contributed by atoms with Gasteiger partial charge in [-0.15, -0.1) is 0 Å². The van der Waals surface area contributed by atoms with Gasteiger partial charge < -0.3 is 15.4 Å². The largest absolute Gasteiger partial charge is 0.489 e. The fraction of sp³-hybridized carbons (Fsp3) is 0.133. The van der Waals surface area contributed by atoms with E-state index in [1.54, 1.807) is 18.2 Å². The van der Waals surface area contributed by atoms with Gasteiger partial charge in [0.25, 0.3) is 5.91 Å². The average molecular weight is 368 g/mol. The minimum Gasteiger partial charge on any atom is -0.489 e. The van der Waals surface area contributed by atoms with Crippen LogP contribution in [0.1, 0.15) is 10.4 Å². The molecule has 2 aromatic carbocycles. The Balaban J connectivity index is 1.89. The lowest BCUT2D eigenvalue weighted by Gasteiger charge is -2.21. The van der Waals surface area contributed by atoms with E-state index in [2.05, 4.69) is 26.6 Å². The molecule has 1 aliphatic rings. The number of anilines is 2. The molecule has 0 aromatic heterocycles. The van der Waals surface area contributed by atoms with Crippen molar-refractivity contribution in [1.82, 2.24) is 0 Å². The van der Waals surface area contributed by atoms with Crippen molar-refractivity contribution < 1.29 is 9.53 Å². The Morgan fingerprint density at radius 1 is 1.33 bits per heavy atom. The molecule has 1 aliphatic heterocycles. The van der Waals surface area contributed by atoms with Crippen molar-refractivity contribution in [3.8, 4) is 5.75 Å². The number of nitrogens with one attached hydrogen (secondary N) is 2. The second kappa shape index (κ2) is 5.95. The Kier molecular flexibility index (Phi) is 4.03. The van der Waals surface area contributed by atoms with Gasteiger partial charge in [0, 0.05) is 11.0 Å². The first-order valence-corrected chi connectivity index (χ1v) is 7.58. The van der Waals surface area contributed by atoms with Crippen molar-refractivity contribution in [2.45, 2.75) is 0 Å². The summed E-state index contributed by atoms with van der Waals surface area (Å²) in [6.07, 6.45) is 0. The summed E-state index contributed by atoms with van der Waals surface area (Å²) in [5, 5.41) is 6.48. The van der Waals surface area contributed by atoms with Crippen LogP contribution in [0.3, 0.4) is 0 Å². The van der Waals surface area contributed by atoms with Gasteiger partial charge >= 0.3 is 0 Å². The van der Waals surface area contributed by atoms with Crippen LogP contribution in [0.5, 0.6) is 5.75 Å². The topological polar surface area (TPSA) is 50.4 Å². The van der Waals surface area contributed by atoms with E-state index in [1.165, 1.54) is 0 Å². The Morgan fingerprint density at radius 2 is 2.19 bits per heavy atom. The second-order valence-electron chi connectivity index (χ2n) is 4.54. The lowest BCUT2D eigenvalue weighted by atomic mass is 10.1. The average Bonchev–Trinajstić information content (AvgIpc) is 2.49. The van der Waals surface area contributed by atoms with Crippen molar-refractivity contribution >= 4 is 44.8 Å². The Labute approximate surface area is 135 Å². The van der Waals surface area contributed by atoms with E-state index < -0.39 is 0 Å². The van der Waals surface area contributed by atoms with Gasteiger partial charge in [-0.2, -0.15) is 0 Å². The highest BCUT2D eigenvalue weighted by molar-refractivity contribution is 9.10. The number of fused-ring (bicyclic) bond motifs is 1. The van der Waals surface area contributed by atoms with Gasteiger partial charge in [-0.3, -0.25) is 4.79 Å². The first kappa shape index (κ1) is 14.2. The van der Waals surface area contributed by atoms with Crippen LogP contribution >= 0.6 is 27.5 Å². The molecule has 0 unspecified atom stereocenters. The normalized spacial score (nSPS) is 12.9. The number of halogens is 2. The number of para-hydroxylation sites is 1. The molecule has 3 rings (SSSR count). The zero-order chi connectivity index (χ0) is 14.8. The standard InChI is InChI=1S/C15H12BrClN2O2/c16-9-4-5-12(11(17)8-9)19-15(20)10-2-1-3-13-14(10)21-7-6-18-13/h1-5,8,18H,6-7H2,(H,19,20). The highest BCUT2D eigenvalue weighted by atomic mass is 79.9. The molecule has 1 heterocycles. The van der Waals surface area contributed by atoms with Crippen LogP contribution < -0.4 is 15.4 Å². The number of hydrogen-bond acceptors (Lipinski definition) is 3. The van der Waals surface area contributed by atoms with Crippen molar-refractivity contribution in [3.63, 3.8) is 0 Å². The highest BCUT2D eigenvalue weighted by Gasteiger charge is 2.19. The van der Waals surface area contributed by atoms with E-state index in [-0.39, 0.29) is 5.91 Å². The van der Waals surface area contributed by atoms with Crippen LogP contribution in [0, 0.1) is 0 Å². The molecular weight excluding hydrogens is 356 g/mol. The lowest BCUT2D eigenvalue weighted by Crippen LogP contribution is -2.22. The van der Waals surface area contributed by atoms with Crippen molar-refractivity contribution in [2.24, 2.45) is 0 Å². The van der Waals surface area contributed by atoms with Crippen molar-refractivity contribution in [2.75, 3.05) is 23.8 Å². The van der Waals surface area contributed by atoms with E-state index >= 15 is 0 Å². The molecule has 0 saturated heterocycles. The van der Waals surface area contributed by atoms with E-state index in [9.17, 15) is 4.79 Å². The second-order valence-corrected chi connectivity index (χ2v) is 5.86. The number of carbonyl (C=O) groups excluding carboxylic acids is 1. The smallest absolute Gasteiger partial charge is 0.259 e. The molecule has 0 spiro atoms. The number of amides is 1. The summed E-state index contributed by atoms with van der Waals surface area (Å²) in [6, 6.07) is 10.7. The highest BCUT2D eigenvalue weighted by Crippen LogP contribution is 2.32. The number of rotatable bonds is 2. The number of ether oxygens (including phenoxy) is 1. The lowest BCUT2D eigenvalue weighted by molar-refractivity contribution is 0.102. The first-order valence-electron chi connectivity index (χ1n) is 6.41. The quantitative estimate of drug-likeness (QED) is 0.838. The summed E-state index contributed by atoms with van der Waals surface area (Å²) in [5.41, 5.74) is 1.88. The fourth-order valence-corrected chi connectivity index (χ4v) is 2.85. The maximum atomic E-state index is 12.4. The van der Waals surface area contributed by atoms with Gasteiger partial charge in [-0.25, -0.2) is 0 Å². The van der Waals surface area contributed by atoms with Crippen LogP contribution in [0.2, 0.25) is 5.02 Å². The Bertz CT molecular complexity index is 706. The summed E-state index contributed by atoms with van der Waals surface area (Å²) in [5.74, 6) is 0.328. The van der Waals surface area contributed by atoms with E-state index in [0.717, 1.165) is 16.7 Å². The molecule has 2 N–H and O–H groups in total. The molecule has 0 fully saturated rings.